The number of hydrogen-bond acceptors (Lipinski definition) is 3. The summed E-state index contributed by atoms with van der Waals surface area (Å²) in [5.74, 6) is 0.275. The van der Waals surface area contributed by atoms with Crippen LogP contribution in [0.5, 0.6) is 0 Å². The molecule has 1 aliphatic heterocycles. The van der Waals surface area contributed by atoms with Crippen LogP contribution < -0.4 is 15.5 Å². The van der Waals surface area contributed by atoms with Gasteiger partial charge in [-0.05, 0) is 31.5 Å². The number of nitrogens with zero attached hydrogens (tertiary/aromatic N) is 1. The minimum absolute atomic E-state index is 0.112. The van der Waals surface area contributed by atoms with Crippen LogP contribution in [-0.4, -0.2) is 33.1 Å². The van der Waals surface area contributed by atoms with Crippen molar-refractivity contribution in [2.45, 2.75) is 19.4 Å². The summed E-state index contributed by atoms with van der Waals surface area (Å²) in [6, 6.07) is 8.43. The predicted octanol–water partition coefficient (Wildman–Crippen LogP) is 1.37. The minimum Gasteiger partial charge on any atom is -0.370 e. The summed E-state index contributed by atoms with van der Waals surface area (Å²) in [6.45, 7) is 2.71. The lowest BCUT2D eigenvalue weighted by Gasteiger charge is -2.34. The Hall–Kier alpha value is -1.55. The topological polar surface area (TPSA) is 44.4 Å². The Morgan fingerprint density at radius 3 is 2.89 bits per heavy atom. The molecule has 1 atom stereocenters. The number of piperidine rings is 1. The quantitative estimate of drug-likeness (QED) is 0.860. The van der Waals surface area contributed by atoms with Crippen molar-refractivity contribution >= 4 is 11.6 Å². The molecule has 1 aromatic carbocycles. The van der Waals surface area contributed by atoms with Gasteiger partial charge in [0.05, 0.1) is 5.92 Å². The van der Waals surface area contributed by atoms with Crippen molar-refractivity contribution in [3.05, 3.63) is 29.8 Å². The maximum Gasteiger partial charge on any atom is 0.224 e. The van der Waals surface area contributed by atoms with Gasteiger partial charge in [0.15, 0.2) is 0 Å². The van der Waals surface area contributed by atoms with E-state index in [4.69, 9.17) is 0 Å². The van der Waals surface area contributed by atoms with Crippen molar-refractivity contribution in [2.75, 3.05) is 32.1 Å². The summed E-state index contributed by atoms with van der Waals surface area (Å²) in [5.41, 5.74) is 2.55. The van der Waals surface area contributed by atoms with Crippen LogP contribution in [0.15, 0.2) is 24.3 Å². The van der Waals surface area contributed by atoms with Gasteiger partial charge in [0.1, 0.15) is 0 Å². The van der Waals surface area contributed by atoms with Gasteiger partial charge in [-0.15, -0.1) is 0 Å². The lowest BCUT2D eigenvalue weighted by molar-refractivity contribution is -0.124. The van der Waals surface area contributed by atoms with Gasteiger partial charge in [-0.2, -0.15) is 0 Å². The third-order valence-corrected chi connectivity index (χ3v) is 3.74. The number of carbonyl (C=O) groups is 1. The first-order valence-corrected chi connectivity index (χ1v) is 6.95. The van der Waals surface area contributed by atoms with Gasteiger partial charge in [-0.25, -0.2) is 0 Å². The SMILES string of the molecule is CNCc1ccccc1N1CCCC(C(=O)NC)C1. The van der Waals surface area contributed by atoms with Gasteiger partial charge >= 0.3 is 0 Å². The Bertz CT molecular complexity index is 433. The molecule has 1 heterocycles. The van der Waals surface area contributed by atoms with Gasteiger partial charge < -0.3 is 15.5 Å². The molecule has 0 aliphatic carbocycles. The summed E-state index contributed by atoms with van der Waals surface area (Å²) in [5, 5.41) is 5.97. The van der Waals surface area contributed by atoms with Gasteiger partial charge in [0, 0.05) is 32.4 Å². The zero-order valence-electron chi connectivity index (χ0n) is 11.8. The van der Waals surface area contributed by atoms with Crippen LogP contribution in [-0.2, 0) is 11.3 Å². The summed E-state index contributed by atoms with van der Waals surface area (Å²) in [6.07, 6.45) is 2.07. The lowest BCUT2D eigenvalue weighted by Crippen LogP contribution is -2.42. The highest BCUT2D eigenvalue weighted by Gasteiger charge is 2.25. The molecule has 1 unspecified atom stereocenters. The summed E-state index contributed by atoms with van der Waals surface area (Å²) in [4.78, 5) is 14.1. The molecule has 1 aromatic rings. The molecule has 0 saturated carbocycles. The average molecular weight is 261 g/mol. The summed E-state index contributed by atoms with van der Waals surface area (Å²) < 4.78 is 0. The molecule has 1 saturated heterocycles. The molecular formula is C15H23N3O. The van der Waals surface area contributed by atoms with E-state index in [0.717, 1.165) is 32.5 Å². The number of amides is 1. The first-order valence-electron chi connectivity index (χ1n) is 6.95. The van der Waals surface area contributed by atoms with Gasteiger partial charge in [0.25, 0.3) is 0 Å². The number of para-hydroxylation sites is 1. The van der Waals surface area contributed by atoms with Gasteiger partial charge in [-0.1, -0.05) is 18.2 Å². The van der Waals surface area contributed by atoms with Crippen LogP contribution in [0, 0.1) is 5.92 Å². The van der Waals surface area contributed by atoms with E-state index in [1.165, 1.54) is 11.3 Å². The first-order chi connectivity index (χ1) is 9.26. The van der Waals surface area contributed by atoms with E-state index in [1.54, 1.807) is 7.05 Å². The highest BCUT2D eigenvalue weighted by molar-refractivity contribution is 5.79. The molecule has 1 fully saturated rings. The van der Waals surface area contributed by atoms with E-state index < -0.39 is 0 Å². The lowest BCUT2D eigenvalue weighted by atomic mass is 9.96. The first kappa shape index (κ1) is 13.9. The molecule has 104 valence electrons. The number of anilines is 1. The zero-order valence-corrected chi connectivity index (χ0v) is 11.8. The van der Waals surface area contributed by atoms with Crippen LogP contribution in [0.3, 0.4) is 0 Å². The van der Waals surface area contributed by atoms with Crippen LogP contribution in [0.4, 0.5) is 5.69 Å². The number of rotatable bonds is 4. The Labute approximate surface area is 115 Å². The standard InChI is InChI=1S/C15H23N3O/c1-16-10-12-6-3-4-8-14(12)18-9-5-7-13(11-18)15(19)17-2/h3-4,6,8,13,16H,5,7,9-11H2,1-2H3,(H,17,19). The largest absolute Gasteiger partial charge is 0.370 e. The monoisotopic (exact) mass is 261 g/mol. The second-order valence-electron chi connectivity index (χ2n) is 5.06. The van der Waals surface area contributed by atoms with E-state index in [-0.39, 0.29) is 11.8 Å². The Morgan fingerprint density at radius 1 is 1.37 bits per heavy atom. The molecule has 0 aromatic heterocycles. The third kappa shape index (κ3) is 3.26. The molecule has 19 heavy (non-hydrogen) atoms. The van der Waals surface area contributed by atoms with Crippen molar-refractivity contribution in [1.82, 2.24) is 10.6 Å². The van der Waals surface area contributed by atoms with E-state index in [1.807, 2.05) is 7.05 Å². The summed E-state index contributed by atoms with van der Waals surface area (Å²) >= 11 is 0. The Balaban J connectivity index is 2.15. The molecule has 2 rings (SSSR count). The van der Waals surface area contributed by atoms with Gasteiger partial charge in [0.2, 0.25) is 5.91 Å². The van der Waals surface area contributed by atoms with Crippen molar-refractivity contribution in [3.8, 4) is 0 Å². The van der Waals surface area contributed by atoms with Crippen molar-refractivity contribution in [1.29, 1.82) is 0 Å². The highest BCUT2D eigenvalue weighted by Crippen LogP contribution is 2.26. The van der Waals surface area contributed by atoms with E-state index in [0.29, 0.717) is 0 Å². The zero-order chi connectivity index (χ0) is 13.7. The second kappa shape index (κ2) is 6.57. The van der Waals surface area contributed by atoms with E-state index in [9.17, 15) is 4.79 Å². The molecule has 1 aliphatic rings. The van der Waals surface area contributed by atoms with Crippen molar-refractivity contribution < 1.29 is 4.79 Å². The average Bonchev–Trinajstić information content (AvgIpc) is 2.47. The molecule has 0 bridgehead atoms. The number of hydrogen-bond donors (Lipinski definition) is 2. The molecule has 4 nitrogen and oxygen atoms in total. The molecular weight excluding hydrogens is 238 g/mol. The van der Waals surface area contributed by atoms with Crippen molar-refractivity contribution in [2.24, 2.45) is 5.92 Å². The molecule has 1 amide bonds. The highest BCUT2D eigenvalue weighted by atomic mass is 16.1. The number of benzene rings is 1. The fourth-order valence-corrected chi connectivity index (χ4v) is 2.77. The predicted molar refractivity (Wildman–Crippen MR) is 78.2 cm³/mol. The van der Waals surface area contributed by atoms with E-state index >= 15 is 0 Å². The normalized spacial score (nSPS) is 19.3. The van der Waals surface area contributed by atoms with Crippen LogP contribution in [0.1, 0.15) is 18.4 Å². The Kier molecular flexibility index (Phi) is 4.80. The third-order valence-electron chi connectivity index (χ3n) is 3.74. The minimum atomic E-state index is 0.112. The maximum atomic E-state index is 11.8. The van der Waals surface area contributed by atoms with Crippen LogP contribution in [0.25, 0.3) is 0 Å². The van der Waals surface area contributed by atoms with Crippen molar-refractivity contribution in [3.63, 3.8) is 0 Å². The van der Waals surface area contributed by atoms with Crippen LogP contribution in [0.2, 0.25) is 0 Å². The smallest absolute Gasteiger partial charge is 0.224 e. The number of carbonyl (C=O) groups excluding carboxylic acids is 1. The Morgan fingerprint density at radius 2 is 2.16 bits per heavy atom. The molecule has 2 N–H and O–H groups in total. The fourth-order valence-electron chi connectivity index (χ4n) is 2.77. The van der Waals surface area contributed by atoms with Crippen LogP contribution >= 0.6 is 0 Å². The molecule has 4 heteroatoms. The number of nitrogens with one attached hydrogen (secondary N) is 2. The van der Waals surface area contributed by atoms with Gasteiger partial charge in [-0.3, -0.25) is 4.79 Å². The summed E-state index contributed by atoms with van der Waals surface area (Å²) in [7, 11) is 3.68. The maximum absolute atomic E-state index is 11.8. The molecule has 0 spiro atoms. The van der Waals surface area contributed by atoms with E-state index in [2.05, 4.69) is 39.8 Å². The molecule has 0 radical (unpaired) electrons. The second-order valence-corrected chi connectivity index (χ2v) is 5.06. The fraction of sp³-hybridized carbons (Fsp3) is 0.533.